The molecule has 0 bridgehead atoms. The molecule has 0 unspecified atom stereocenters. The van der Waals surface area contributed by atoms with Gasteiger partial charge in [0.25, 0.3) is 5.91 Å². The van der Waals surface area contributed by atoms with Gasteiger partial charge in [-0.3, -0.25) is 14.6 Å². The third kappa shape index (κ3) is 12.9. The van der Waals surface area contributed by atoms with Gasteiger partial charge in [-0.15, -0.1) is 0 Å². The van der Waals surface area contributed by atoms with Gasteiger partial charge in [0.05, 0.1) is 5.52 Å². The minimum Gasteiger partial charge on any atom is -0.484 e. The Balaban J connectivity index is 0.000000738. The molecule has 1 amide bonds. The van der Waals surface area contributed by atoms with E-state index in [9.17, 15) is 9.59 Å². The second kappa shape index (κ2) is 20.6. The van der Waals surface area contributed by atoms with Crippen molar-refractivity contribution >= 4 is 46.0 Å². The minimum atomic E-state index is -0.140. The van der Waals surface area contributed by atoms with Crippen LogP contribution in [0.3, 0.4) is 0 Å². The van der Waals surface area contributed by atoms with Crippen LogP contribution in [0.5, 0.6) is 5.75 Å². The van der Waals surface area contributed by atoms with Gasteiger partial charge in [0, 0.05) is 58.0 Å². The summed E-state index contributed by atoms with van der Waals surface area (Å²) in [6.45, 7) is 1.47. The Hall–Kier alpha value is -4.42. The third-order valence-corrected chi connectivity index (χ3v) is 7.08. The van der Waals surface area contributed by atoms with Crippen LogP contribution in [0, 0.1) is 0 Å². The van der Waals surface area contributed by atoms with E-state index in [1.807, 2.05) is 91.0 Å². The molecule has 0 atom stereocenters. The van der Waals surface area contributed by atoms with Gasteiger partial charge in [0.1, 0.15) is 5.75 Å². The van der Waals surface area contributed by atoms with Gasteiger partial charge in [-0.1, -0.05) is 109 Å². The molecule has 0 saturated carbocycles. The Morgan fingerprint density at radius 2 is 1.41 bits per heavy atom. The topological polar surface area (TPSA) is 80.3 Å². The molecule has 0 aliphatic heterocycles. The number of unbranched alkanes of at least 4 members (excludes halogenated alkanes) is 3. The maximum Gasteiger partial charge on any atom is 0.257 e. The maximum absolute atomic E-state index is 12.2. The number of ketones is 1. The molecule has 5 rings (SSSR count). The SMILES string of the molecule is O=C(COc1ccc(/C=C/C(=O)c2ccccc2)cc1)NCCCCCCNc1ccnc2cc(Cl)ccc12.[Fe].c1ccccc1. The fourth-order valence-corrected chi connectivity index (χ4v) is 4.63. The van der Waals surface area contributed by atoms with E-state index in [1.165, 1.54) is 0 Å². The molecule has 46 heavy (non-hydrogen) atoms. The minimum absolute atomic E-state index is 0. The van der Waals surface area contributed by atoms with Gasteiger partial charge in [0.2, 0.25) is 0 Å². The average molecular weight is 676 g/mol. The Bertz CT molecular complexity index is 1620. The summed E-state index contributed by atoms with van der Waals surface area (Å²) in [6, 6.07) is 36.1. The number of ether oxygens (including phenoxy) is 1. The van der Waals surface area contributed by atoms with Crippen molar-refractivity contribution in [2.45, 2.75) is 25.7 Å². The number of carbonyl (C=O) groups is 2. The van der Waals surface area contributed by atoms with E-state index in [0.29, 0.717) is 22.9 Å². The molecule has 1 aromatic heterocycles. The second-order valence-corrected chi connectivity index (χ2v) is 10.7. The number of hydrogen-bond acceptors (Lipinski definition) is 5. The van der Waals surface area contributed by atoms with Crippen LogP contribution in [0.4, 0.5) is 5.69 Å². The fourth-order valence-electron chi connectivity index (χ4n) is 4.46. The Morgan fingerprint density at radius 3 is 2.11 bits per heavy atom. The molecular weight excluding hydrogens is 638 g/mol. The summed E-state index contributed by atoms with van der Waals surface area (Å²) in [5.41, 5.74) is 3.48. The van der Waals surface area contributed by atoms with Crippen molar-refractivity contribution < 1.29 is 31.4 Å². The first kappa shape index (κ1) is 36.1. The number of carbonyl (C=O) groups excluding carboxylic acids is 2. The Morgan fingerprint density at radius 1 is 0.761 bits per heavy atom. The zero-order valence-electron chi connectivity index (χ0n) is 25.6. The van der Waals surface area contributed by atoms with E-state index in [0.717, 1.165) is 54.4 Å². The van der Waals surface area contributed by atoms with Crippen LogP contribution in [-0.4, -0.2) is 36.4 Å². The van der Waals surface area contributed by atoms with Crippen molar-refractivity contribution in [1.82, 2.24) is 10.3 Å². The summed E-state index contributed by atoms with van der Waals surface area (Å²) >= 11 is 6.06. The van der Waals surface area contributed by atoms with E-state index in [4.69, 9.17) is 16.3 Å². The number of pyridine rings is 1. The molecule has 238 valence electrons. The van der Waals surface area contributed by atoms with Gasteiger partial charge in [-0.25, -0.2) is 0 Å². The van der Waals surface area contributed by atoms with E-state index < -0.39 is 0 Å². The molecule has 0 spiro atoms. The van der Waals surface area contributed by atoms with Crippen molar-refractivity contribution in [1.29, 1.82) is 0 Å². The maximum atomic E-state index is 12.2. The van der Waals surface area contributed by atoms with Crippen LogP contribution in [-0.2, 0) is 21.9 Å². The molecule has 8 heteroatoms. The number of halogens is 1. The molecule has 0 saturated heterocycles. The number of hydrogen-bond donors (Lipinski definition) is 2. The summed E-state index contributed by atoms with van der Waals surface area (Å²) in [5.74, 6) is 0.419. The normalized spacial score (nSPS) is 10.4. The van der Waals surface area contributed by atoms with E-state index in [2.05, 4.69) is 15.6 Å². The van der Waals surface area contributed by atoms with Crippen LogP contribution < -0.4 is 15.4 Å². The third-order valence-electron chi connectivity index (χ3n) is 6.85. The quantitative estimate of drug-likeness (QED) is 0.0533. The molecule has 0 aliphatic carbocycles. The molecule has 4 aromatic carbocycles. The summed E-state index contributed by atoms with van der Waals surface area (Å²) in [4.78, 5) is 28.7. The first-order chi connectivity index (χ1) is 22.1. The molecule has 2 N–H and O–H groups in total. The predicted molar refractivity (Wildman–Crippen MR) is 185 cm³/mol. The number of aromatic nitrogens is 1. The number of nitrogens with zero attached hydrogens (tertiary/aromatic N) is 1. The van der Waals surface area contributed by atoms with Gasteiger partial charge >= 0.3 is 0 Å². The van der Waals surface area contributed by atoms with Crippen LogP contribution >= 0.6 is 11.6 Å². The number of amides is 1. The van der Waals surface area contributed by atoms with Gasteiger partial charge in [0.15, 0.2) is 12.4 Å². The van der Waals surface area contributed by atoms with Crippen molar-refractivity contribution in [3.63, 3.8) is 0 Å². The number of benzene rings is 4. The number of anilines is 1. The van der Waals surface area contributed by atoms with Crippen molar-refractivity contribution in [2.24, 2.45) is 0 Å². The second-order valence-electron chi connectivity index (χ2n) is 10.3. The molecule has 0 fully saturated rings. The van der Waals surface area contributed by atoms with Crippen molar-refractivity contribution in [3.8, 4) is 5.75 Å². The van der Waals surface area contributed by atoms with Gasteiger partial charge < -0.3 is 15.4 Å². The summed E-state index contributed by atoms with van der Waals surface area (Å²) < 4.78 is 5.58. The van der Waals surface area contributed by atoms with Gasteiger partial charge in [-0.2, -0.15) is 0 Å². The monoisotopic (exact) mass is 675 g/mol. The number of allylic oxidation sites excluding steroid dienone is 1. The van der Waals surface area contributed by atoms with E-state index in [1.54, 1.807) is 42.6 Å². The average Bonchev–Trinajstić information content (AvgIpc) is 3.09. The predicted octanol–water partition coefficient (Wildman–Crippen LogP) is 8.64. The molecule has 0 radical (unpaired) electrons. The summed E-state index contributed by atoms with van der Waals surface area (Å²) in [7, 11) is 0. The standard InChI is InChI=1S/C32H32ClN3O3.C6H6.Fe/c33-26-13-16-28-29(18-21-35-30(28)22-26)34-19-6-1-2-7-20-36-32(38)23-39-27-14-10-24(11-15-27)12-17-31(37)25-8-4-3-5-9-25;1-2-4-6-5-3-1;/h3-5,8-18,21-22H,1-2,6-7,19-20,23H2,(H,34,35)(H,36,38);1-6H;/b17-12+;;. The summed E-state index contributed by atoms with van der Waals surface area (Å²) in [5, 5.41) is 8.14. The fraction of sp³-hybridized carbons (Fsp3) is 0.184. The van der Waals surface area contributed by atoms with E-state index in [-0.39, 0.29) is 35.4 Å². The van der Waals surface area contributed by atoms with Crippen molar-refractivity contribution in [2.75, 3.05) is 25.0 Å². The molecular formula is C38H38ClFeN3O3. The Labute approximate surface area is 286 Å². The van der Waals surface area contributed by atoms with Crippen molar-refractivity contribution in [3.05, 3.63) is 144 Å². The van der Waals surface area contributed by atoms with Crippen LogP contribution in [0.2, 0.25) is 5.02 Å². The zero-order chi connectivity index (χ0) is 31.5. The smallest absolute Gasteiger partial charge is 0.257 e. The molecule has 5 aromatic rings. The largest absolute Gasteiger partial charge is 0.484 e. The van der Waals surface area contributed by atoms with Crippen LogP contribution in [0.1, 0.15) is 41.6 Å². The van der Waals surface area contributed by atoms with Gasteiger partial charge in [-0.05, 0) is 60.9 Å². The summed E-state index contributed by atoms with van der Waals surface area (Å²) in [6.07, 6.45) is 9.18. The first-order valence-corrected chi connectivity index (χ1v) is 15.5. The molecule has 0 aliphatic rings. The zero-order valence-corrected chi connectivity index (χ0v) is 27.4. The number of nitrogens with one attached hydrogen (secondary N) is 2. The van der Waals surface area contributed by atoms with E-state index >= 15 is 0 Å². The number of rotatable bonds is 14. The molecule has 6 nitrogen and oxygen atoms in total. The first-order valence-electron chi connectivity index (χ1n) is 15.1. The molecule has 1 heterocycles. The number of fused-ring (bicyclic) bond motifs is 1. The van der Waals surface area contributed by atoms with Crippen LogP contribution in [0.25, 0.3) is 17.0 Å². The Kier molecular flexibility index (Phi) is 16.1. The van der Waals surface area contributed by atoms with Crippen LogP contribution in [0.15, 0.2) is 128 Å².